The number of alkyl carbamates (subject to hydrolysis) is 1. The van der Waals surface area contributed by atoms with Crippen molar-refractivity contribution in [2.45, 2.75) is 38.6 Å². The summed E-state index contributed by atoms with van der Waals surface area (Å²) in [5.74, 6) is -0.305. The van der Waals surface area contributed by atoms with E-state index in [-0.39, 0.29) is 12.5 Å². The molecule has 1 atom stereocenters. The van der Waals surface area contributed by atoms with Crippen molar-refractivity contribution in [3.8, 4) is 0 Å². The Labute approximate surface area is 114 Å². The summed E-state index contributed by atoms with van der Waals surface area (Å²) in [5, 5.41) is 5.62. The van der Waals surface area contributed by atoms with Crippen LogP contribution in [0.15, 0.2) is 0 Å². The highest BCUT2D eigenvalue weighted by Gasteiger charge is 2.20. The van der Waals surface area contributed by atoms with Gasteiger partial charge in [0.2, 0.25) is 5.91 Å². The summed E-state index contributed by atoms with van der Waals surface area (Å²) in [6.07, 6.45) is 3.80. The number of rotatable bonds is 7. The van der Waals surface area contributed by atoms with Crippen LogP contribution < -0.4 is 10.6 Å². The Morgan fingerprint density at radius 3 is 2.84 bits per heavy atom. The molecule has 2 N–H and O–H groups in total. The van der Waals surface area contributed by atoms with Crippen molar-refractivity contribution in [3.63, 3.8) is 0 Å². The number of amides is 2. The lowest BCUT2D eigenvalue weighted by Crippen LogP contribution is -2.44. The summed E-state index contributed by atoms with van der Waals surface area (Å²) in [4.78, 5) is 24.8. The number of hydrogen-bond donors (Lipinski definition) is 2. The van der Waals surface area contributed by atoms with Crippen molar-refractivity contribution in [3.05, 3.63) is 0 Å². The van der Waals surface area contributed by atoms with Gasteiger partial charge >= 0.3 is 6.09 Å². The zero-order valence-electron chi connectivity index (χ0n) is 11.9. The molecule has 1 unspecified atom stereocenters. The largest absolute Gasteiger partial charge is 0.453 e. The van der Waals surface area contributed by atoms with Gasteiger partial charge in [-0.3, -0.25) is 15.0 Å². The molecule has 0 radical (unpaired) electrons. The number of nitrogens with zero attached hydrogens (tertiary/aromatic N) is 1. The van der Waals surface area contributed by atoms with Crippen molar-refractivity contribution in [2.75, 3.05) is 33.3 Å². The predicted molar refractivity (Wildman–Crippen MR) is 72.9 cm³/mol. The fraction of sp³-hybridized carbons (Fsp3) is 0.846. The van der Waals surface area contributed by atoms with Crippen LogP contribution in [-0.4, -0.2) is 56.2 Å². The maximum atomic E-state index is 11.7. The van der Waals surface area contributed by atoms with Gasteiger partial charge in [0.25, 0.3) is 0 Å². The molecule has 6 heteroatoms. The molecule has 2 amide bonds. The summed E-state index contributed by atoms with van der Waals surface area (Å²) in [5.41, 5.74) is 0. The first-order valence-corrected chi connectivity index (χ1v) is 6.99. The van der Waals surface area contributed by atoms with Crippen molar-refractivity contribution in [1.29, 1.82) is 0 Å². The number of ether oxygens (including phenoxy) is 1. The summed E-state index contributed by atoms with van der Waals surface area (Å²) in [6, 6.07) is 0.461. The van der Waals surface area contributed by atoms with Crippen LogP contribution in [0, 0.1) is 0 Å². The second kappa shape index (κ2) is 8.87. The van der Waals surface area contributed by atoms with E-state index in [4.69, 9.17) is 0 Å². The molecule has 0 spiro atoms. The SMILES string of the molecule is CCCCN(CC(=O)NC(=O)OC)CC1CCCN1. The maximum absolute atomic E-state index is 11.7. The van der Waals surface area contributed by atoms with Gasteiger partial charge in [0.15, 0.2) is 0 Å². The van der Waals surface area contributed by atoms with Crippen LogP contribution in [0.4, 0.5) is 4.79 Å². The standard InChI is InChI=1S/C13H25N3O3/c1-3-4-8-16(9-11-6-5-7-14-11)10-12(17)15-13(18)19-2/h11,14H,3-10H2,1-2H3,(H,15,17,18). The molecule has 1 heterocycles. The first-order chi connectivity index (χ1) is 9.15. The molecule has 19 heavy (non-hydrogen) atoms. The molecule has 0 aliphatic carbocycles. The molecule has 110 valence electrons. The van der Waals surface area contributed by atoms with E-state index in [0.29, 0.717) is 6.04 Å². The van der Waals surface area contributed by atoms with Crippen LogP contribution in [0.3, 0.4) is 0 Å². The van der Waals surface area contributed by atoms with Crippen molar-refractivity contribution >= 4 is 12.0 Å². The van der Waals surface area contributed by atoms with Crippen LogP contribution >= 0.6 is 0 Å². The molecule has 1 aliphatic rings. The fourth-order valence-corrected chi connectivity index (χ4v) is 2.25. The second-order valence-corrected chi connectivity index (χ2v) is 4.92. The van der Waals surface area contributed by atoms with Crippen LogP contribution in [0.1, 0.15) is 32.6 Å². The van der Waals surface area contributed by atoms with Crippen LogP contribution in [0.5, 0.6) is 0 Å². The monoisotopic (exact) mass is 271 g/mol. The lowest BCUT2D eigenvalue weighted by atomic mass is 10.2. The summed E-state index contributed by atoms with van der Waals surface area (Å²) in [7, 11) is 1.25. The number of nitrogens with one attached hydrogen (secondary N) is 2. The van der Waals surface area contributed by atoms with Crippen molar-refractivity contribution in [1.82, 2.24) is 15.5 Å². The highest BCUT2D eigenvalue weighted by atomic mass is 16.5. The number of hydrogen-bond acceptors (Lipinski definition) is 5. The lowest BCUT2D eigenvalue weighted by molar-refractivity contribution is -0.121. The van der Waals surface area contributed by atoms with Gasteiger partial charge in [-0.1, -0.05) is 13.3 Å². The van der Waals surface area contributed by atoms with Crippen molar-refractivity contribution < 1.29 is 14.3 Å². The van der Waals surface area contributed by atoms with Crippen molar-refractivity contribution in [2.24, 2.45) is 0 Å². The minimum Gasteiger partial charge on any atom is -0.453 e. The third-order valence-electron chi connectivity index (χ3n) is 3.26. The first-order valence-electron chi connectivity index (χ1n) is 6.99. The van der Waals surface area contributed by atoms with Gasteiger partial charge in [-0.15, -0.1) is 0 Å². The quantitative estimate of drug-likeness (QED) is 0.714. The summed E-state index contributed by atoms with van der Waals surface area (Å²) < 4.78 is 4.42. The molecular formula is C13H25N3O3. The van der Waals surface area contributed by atoms with Gasteiger partial charge in [0, 0.05) is 12.6 Å². The predicted octanol–water partition coefficient (Wildman–Crippen LogP) is 0.723. The van der Waals surface area contributed by atoms with E-state index in [0.717, 1.165) is 38.9 Å². The van der Waals surface area contributed by atoms with Gasteiger partial charge in [-0.25, -0.2) is 4.79 Å². The zero-order chi connectivity index (χ0) is 14.1. The molecule has 0 aromatic rings. The average molecular weight is 271 g/mol. The van der Waals surface area contributed by atoms with E-state index >= 15 is 0 Å². The molecule has 0 bridgehead atoms. The molecule has 0 saturated carbocycles. The van der Waals surface area contributed by atoms with Gasteiger partial charge in [0.1, 0.15) is 0 Å². The summed E-state index contributed by atoms with van der Waals surface area (Å²) in [6.45, 7) is 5.16. The Morgan fingerprint density at radius 1 is 1.47 bits per heavy atom. The Kier molecular flexibility index (Phi) is 7.43. The van der Waals surface area contributed by atoms with Gasteiger partial charge in [-0.2, -0.15) is 0 Å². The Balaban J connectivity index is 2.38. The topological polar surface area (TPSA) is 70.7 Å². The molecule has 0 aromatic carbocycles. The highest BCUT2D eigenvalue weighted by molar-refractivity contribution is 5.92. The Hall–Kier alpha value is -1.14. The van der Waals surface area contributed by atoms with E-state index in [1.807, 2.05) is 0 Å². The third kappa shape index (κ3) is 6.54. The fourth-order valence-electron chi connectivity index (χ4n) is 2.25. The van der Waals surface area contributed by atoms with E-state index in [1.165, 1.54) is 13.5 Å². The molecule has 1 rings (SSSR count). The van der Waals surface area contributed by atoms with Crippen LogP contribution in [0.25, 0.3) is 0 Å². The normalized spacial score (nSPS) is 18.6. The third-order valence-corrected chi connectivity index (χ3v) is 3.26. The van der Waals surface area contributed by atoms with E-state index in [1.54, 1.807) is 0 Å². The Morgan fingerprint density at radius 2 is 2.26 bits per heavy atom. The van der Waals surface area contributed by atoms with Gasteiger partial charge in [0.05, 0.1) is 13.7 Å². The second-order valence-electron chi connectivity index (χ2n) is 4.92. The molecule has 1 saturated heterocycles. The van der Waals surface area contributed by atoms with Crippen LogP contribution in [-0.2, 0) is 9.53 Å². The highest BCUT2D eigenvalue weighted by Crippen LogP contribution is 2.07. The summed E-state index contributed by atoms with van der Waals surface area (Å²) >= 11 is 0. The first kappa shape index (κ1) is 15.9. The molecule has 1 fully saturated rings. The number of unbranched alkanes of at least 4 members (excludes halogenated alkanes) is 1. The number of methoxy groups -OCH3 is 1. The smallest absolute Gasteiger partial charge is 0.413 e. The Bertz CT molecular complexity index is 291. The number of carbonyl (C=O) groups excluding carboxylic acids is 2. The minimum atomic E-state index is -0.695. The maximum Gasteiger partial charge on any atom is 0.413 e. The zero-order valence-corrected chi connectivity index (χ0v) is 11.9. The van der Waals surface area contributed by atoms with E-state index < -0.39 is 6.09 Å². The molecule has 0 aromatic heterocycles. The lowest BCUT2D eigenvalue weighted by Gasteiger charge is -2.24. The van der Waals surface area contributed by atoms with E-state index in [2.05, 4.69) is 27.2 Å². The average Bonchev–Trinajstić information content (AvgIpc) is 2.88. The molecule has 6 nitrogen and oxygen atoms in total. The van der Waals surface area contributed by atoms with Crippen LogP contribution in [0.2, 0.25) is 0 Å². The van der Waals surface area contributed by atoms with Gasteiger partial charge < -0.3 is 10.1 Å². The molecular weight excluding hydrogens is 246 g/mol. The molecule has 1 aliphatic heterocycles. The van der Waals surface area contributed by atoms with E-state index in [9.17, 15) is 9.59 Å². The minimum absolute atomic E-state index is 0.243. The number of carbonyl (C=O) groups is 2. The number of imide groups is 1. The van der Waals surface area contributed by atoms with Gasteiger partial charge in [-0.05, 0) is 32.4 Å².